The third-order valence-corrected chi connectivity index (χ3v) is 3.86. The molecule has 3 rings (SSSR count). The van der Waals surface area contributed by atoms with Crippen LogP contribution in [0.25, 0.3) is 0 Å². The van der Waals surface area contributed by atoms with E-state index in [1.165, 1.54) is 24.3 Å². The average Bonchev–Trinajstić information content (AvgIpc) is 2.47. The van der Waals surface area contributed by atoms with Gasteiger partial charge in [0.1, 0.15) is 0 Å². The number of alkyl halides is 3. The quantitative estimate of drug-likeness (QED) is 0.690. The van der Waals surface area contributed by atoms with Gasteiger partial charge in [-0.2, -0.15) is 13.2 Å². The Kier molecular flexibility index (Phi) is 4.77. The Morgan fingerprint density at radius 1 is 1.00 bits per heavy atom. The molecule has 1 aliphatic heterocycles. The van der Waals surface area contributed by atoms with Crippen molar-refractivity contribution < 1.29 is 23.4 Å². The van der Waals surface area contributed by atoms with Gasteiger partial charge in [-0.15, -0.1) is 12.4 Å². The molecule has 0 radical (unpaired) electrons. The molecule has 1 aliphatic rings. The fourth-order valence-corrected chi connectivity index (χ4v) is 2.74. The maximum absolute atomic E-state index is 12.6. The normalized spacial score (nSPS) is 17.3. The van der Waals surface area contributed by atoms with Crippen LogP contribution in [0.2, 0.25) is 0 Å². The van der Waals surface area contributed by atoms with Gasteiger partial charge < -0.3 is 15.5 Å². The zero-order valence-electron chi connectivity index (χ0n) is 11.9. The van der Waals surface area contributed by atoms with Gasteiger partial charge in [-0.05, 0) is 47.4 Å². The molecule has 0 fully saturated rings. The Balaban J connectivity index is 0.00000192. The van der Waals surface area contributed by atoms with Crippen molar-refractivity contribution in [3.05, 3.63) is 58.7 Å². The van der Waals surface area contributed by atoms with Crippen molar-refractivity contribution >= 4 is 12.4 Å². The molecule has 1 unspecified atom stereocenters. The highest BCUT2D eigenvalue weighted by Crippen LogP contribution is 2.37. The number of phenolic OH excluding ortho intramolecular Hbond substituents is 2. The summed E-state index contributed by atoms with van der Waals surface area (Å²) in [6, 6.07) is 7.61. The van der Waals surface area contributed by atoms with Crippen molar-refractivity contribution in [2.24, 2.45) is 0 Å². The van der Waals surface area contributed by atoms with Gasteiger partial charge in [0.15, 0.2) is 11.5 Å². The lowest BCUT2D eigenvalue weighted by atomic mass is 9.89. The van der Waals surface area contributed by atoms with Gasteiger partial charge in [0.25, 0.3) is 0 Å². The lowest BCUT2D eigenvalue weighted by Gasteiger charge is -2.28. The van der Waals surface area contributed by atoms with Gasteiger partial charge in [-0.1, -0.05) is 12.1 Å². The predicted molar refractivity (Wildman–Crippen MR) is 82.0 cm³/mol. The van der Waals surface area contributed by atoms with Crippen molar-refractivity contribution in [3.8, 4) is 11.5 Å². The number of phenols is 2. The fraction of sp³-hybridized carbons (Fsp3) is 0.250. The summed E-state index contributed by atoms with van der Waals surface area (Å²) < 4.78 is 37.9. The van der Waals surface area contributed by atoms with Crippen molar-refractivity contribution in [1.29, 1.82) is 0 Å². The van der Waals surface area contributed by atoms with Crippen LogP contribution in [0.15, 0.2) is 36.4 Å². The highest BCUT2D eigenvalue weighted by molar-refractivity contribution is 5.85. The molecule has 2 aromatic carbocycles. The number of nitrogens with one attached hydrogen (secondary N) is 1. The van der Waals surface area contributed by atoms with Gasteiger partial charge >= 0.3 is 6.18 Å². The van der Waals surface area contributed by atoms with E-state index in [1.54, 1.807) is 0 Å². The largest absolute Gasteiger partial charge is 0.504 e. The third kappa shape index (κ3) is 3.38. The standard InChI is InChI=1S/C16H14F3NO2.ClH/c17-16(18,19)11-3-1-9(2-4-11)15-12-8-14(22)13(21)7-10(12)5-6-20-15;/h1-4,7-8,15,20-22H,5-6H2;1H. The summed E-state index contributed by atoms with van der Waals surface area (Å²) in [6.07, 6.45) is -3.68. The molecule has 0 bridgehead atoms. The van der Waals surface area contributed by atoms with Crippen LogP contribution >= 0.6 is 12.4 Å². The minimum atomic E-state index is -4.36. The Bertz CT molecular complexity index is 702. The maximum atomic E-state index is 12.6. The Labute approximate surface area is 137 Å². The number of hydrogen-bond acceptors (Lipinski definition) is 3. The molecule has 0 aliphatic carbocycles. The first-order valence-corrected chi connectivity index (χ1v) is 6.81. The molecule has 3 nitrogen and oxygen atoms in total. The van der Waals surface area contributed by atoms with Gasteiger partial charge in [0, 0.05) is 6.54 Å². The van der Waals surface area contributed by atoms with Crippen LogP contribution in [0.3, 0.4) is 0 Å². The molecule has 1 atom stereocenters. The molecule has 0 amide bonds. The monoisotopic (exact) mass is 345 g/mol. The van der Waals surface area contributed by atoms with Gasteiger partial charge in [-0.25, -0.2) is 0 Å². The summed E-state index contributed by atoms with van der Waals surface area (Å²) in [5.74, 6) is -0.425. The first-order valence-electron chi connectivity index (χ1n) is 6.81. The van der Waals surface area contributed by atoms with Gasteiger partial charge in [0.05, 0.1) is 11.6 Å². The van der Waals surface area contributed by atoms with Crippen molar-refractivity contribution in [3.63, 3.8) is 0 Å². The van der Waals surface area contributed by atoms with E-state index in [0.29, 0.717) is 18.5 Å². The zero-order valence-corrected chi connectivity index (χ0v) is 12.7. The summed E-state index contributed by atoms with van der Waals surface area (Å²) in [6.45, 7) is 0.642. The van der Waals surface area contributed by atoms with E-state index in [0.717, 1.165) is 23.3 Å². The van der Waals surface area contributed by atoms with Crippen LogP contribution in [0.4, 0.5) is 13.2 Å². The Hall–Kier alpha value is -1.92. The molecule has 0 saturated carbocycles. The smallest absolute Gasteiger partial charge is 0.416 e. The minimum Gasteiger partial charge on any atom is -0.504 e. The molecule has 124 valence electrons. The van der Waals surface area contributed by atoms with Crippen LogP contribution < -0.4 is 5.32 Å². The van der Waals surface area contributed by atoms with E-state index in [2.05, 4.69) is 5.32 Å². The van der Waals surface area contributed by atoms with E-state index < -0.39 is 11.7 Å². The molecule has 1 heterocycles. The SMILES string of the molecule is Cl.Oc1cc2c(cc1O)C(c1ccc(C(F)(F)F)cc1)NCC2. The number of halogens is 4. The molecule has 3 N–H and O–H groups in total. The number of fused-ring (bicyclic) bond motifs is 1. The van der Waals surface area contributed by atoms with Crippen LogP contribution in [0, 0.1) is 0 Å². The van der Waals surface area contributed by atoms with E-state index in [-0.39, 0.29) is 29.9 Å². The number of hydrogen-bond donors (Lipinski definition) is 3. The van der Waals surface area contributed by atoms with Crippen LogP contribution in [-0.2, 0) is 12.6 Å². The minimum absolute atomic E-state index is 0. The second-order valence-electron chi connectivity index (χ2n) is 5.30. The average molecular weight is 346 g/mol. The topological polar surface area (TPSA) is 52.5 Å². The first kappa shape index (κ1) is 17.4. The molecule has 0 spiro atoms. The summed E-state index contributed by atoms with van der Waals surface area (Å²) in [5, 5.41) is 22.4. The number of rotatable bonds is 1. The molecular weight excluding hydrogens is 331 g/mol. The van der Waals surface area contributed by atoms with E-state index in [4.69, 9.17) is 0 Å². The summed E-state index contributed by atoms with van der Waals surface area (Å²) in [5.41, 5.74) is 1.63. The van der Waals surface area contributed by atoms with E-state index in [1.807, 2.05) is 0 Å². The number of aromatic hydroxyl groups is 2. The van der Waals surface area contributed by atoms with E-state index in [9.17, 15) is 23.4 Å². The Morgan fingerprint density at radius 3 is 2.22 bits per heavy atom. The molecule has 7 heteroatoms. The molecule has 0 saturated heterocycles. The fourth-order valence-electron chi connectivity index (χ4n) is 2.74. The maximum Gasteiger partial charge on any atom is 0.416 e. The first-order chi connectivity index (χ1) is 10.4. The van der Waals surface area contributed by atoms with Gasteiger partial charge in [0.2, 0.25) is 0 Å². The van der Waals surface area contributed by atoms with Gasteiger partial charge in [-0.3, -0.25) is 0 Å². The highest BCUT2D eigenvalue weighted by atomic mass is 35.5. The lowest BCUT2D eigenvalue weighted by Crippen LogP contribution is -2.30. The van der Waals surface area contributed by atoms with Crippen molar-refractivity contribution in [2.45, 2.75) is 18.6 Å². The lowest BCUT2D eigenvalue weighted by molar-refractivity contribution is -0.137. The molecule has 23 heavy (non-hydrogen) atoms. The Morgan fingerprint density at radius 2 is 1.61 bits per heavy atom. The van der Waals surface area contributed by atoms with Crippen molar-refractivity contribution in [1.82, 2.24) is 5.32 Å². The highest BCUT2D eigenvalue weighted by Gasteiger charge is 2.31. The van der Waals surface area contributed by atoms with E-state index >= 15 is 0 Å². The van der Waals surface area contributed by atoms with Crippen LogP contribution in [0.5, 0.6) is 11.5 Å². The molecule has 2 aromatic rings. The second-order valence-corrected chi connectivity index (χ2v) is 5.30. The third-order valence-electron chi connectivity index (χ3n) is 3.86. The predicted octanol–water partition coefficient (Wildman–Crippen LogP) is 3.77. The summed E-state index contributed by atoms with van der Waals surface area (Å²) in [7, 11) is 0. The molecule has 0 aromatic heterocycles. The van der Waals surface area contributed by atoms with Crippen molar-refractivity contribution in [2.75, 3.05) is 6.54 Å². The molecular formula is C16H15ClF3NO2. The zero-order chi connectivity index (χ0) is 15.9. The second kappa shape index (κ2) is 6.29. The number of benzene rings is 2. The summed E-state index contributed by atoms with van der Waals surface area (Å²) in [4.78, 5) is 0. The van der Waals surface area contributed by atoms with Crippen LogP contribution in [0.1, 0.15) is 28.3 Å². The summed E-state index contributed by atoms with van der Waals surface area (Å²) >= 11 is 0. The van der Waals surface area contributed by atoms with Crippen LogP contribution in [-0.4, -0.2) is 16.8 Å².